The number of ether oxygens (including phenoxy) is 1. The third kappa shape index (κ3) is 6.21. The van der Waals surface area contributed by atoms with Gasteiger partial charge in [-0.15, -0.1) is 0 Å². The fourth-order valence-corrected chi connectivity index (χ4v) is 5.51. The monoisotopic (exact) mass is 490 g/mol. The summed E-state index contributed by atoms with van der Waals surface area (Å²) in [6.45, 7) is 13.4. The topological polar surface area (TPSA) is 83.8 Å². The Kier molecular flexibility index (Phi) is 9.37. The van der Waals surface area contributed by atoms with Gasteiger partial charge >= 0.3 is 0 Å². The zero-order chi connectivity index (χ0) is 25.7. The van der Waals surface area contributed by atoms with Crippen LogP contribution in [0, 0.1) is 13.8 Å². The molecule has 2 aromatic carbocycles. The molecule has 6 heteroatoms. The molecule has 0 amide bonds. The van der Waals surface area contributed by atoms with E-state index in [1.54, 1.807) is 20.8 Å². The smallest absolute Gasteiger partial charge is 0.155 e. The van der Waals surface area contributed by atoms with Crippen molar-refractivity contribution in [2.24, 2.45) is 0 Å². The Balaban J connectivity index is 2.35. The molecule has 0 saturated heterocycles. The van der Waals surface area contributed by atoms with Crippen LogP contribution in [0.25, 0.3) is 0 Å². The van der Waals surface area contributed by atoms with Crippen molar-refractivity contribution in [1.29, 1.82) is 0 Å². The first-order valence-electron chi connectivity index (χ1n) is 12.2. The van der Waals surface area contributed by atoms with Crippen molar-refractivity contribution in [3.63, 3.8) is 0 Å². The van der Waals surface area contributed by atoms with E-state index < -0.39 is 20.7 Å². The zero-order valence-corrected chi connectivity index (χ0v) is 22.6. The Morgan fingerprint density at radius 2 is 1.50 bits per heavy atom. The van der Waals surface area contributed by atoms with Gasteiger partial charge in [-0.25, -0.2) is 8.42 Å². The van der Waals surface area contributed by atoms with Gasteiger partial charge in [0, 0.05) is 5.41 Å². The predicted octanol–water partition coefficient (Wildman–Crippen LogP) is 4.90. The molecule has 0 heterocycles. The first-order chi connectivity index (χ1) is 15.8. The van der Waals surface area contributed by atoms with E-state index in [0.717, 1.165) is 29.5 Å². The summed E-state index contributed by atoms with van der Waals surface area (Å²) in [5.74, 6) is 0.846. The van der Waals surface area contributed by atoms with E-state index in [2.05, 4.69) is 51.1 Å². The van der Waals surface area contributed by atoms with Gasteiger partial charge < -0.3 is 14.9 Å². The van der Waals surface area contributed by atoms with Gasteiger partial charge in [0.1, 0.15) is 18.5 Å². The molecular weight excluding hydrogens is 448 g/mol. The van der Waals surface area contributed by atoms with Crippen molar-refractivity contribution in [2.75, 3.05) is 19.0 Å². The number of rotatable bonds is 11. The van der Waals surface area contributed by atoms with E-state index in [4.69, 9.17) is 9.84 Å². The number of aliphatic hydroxyl groups is 2. The minimum Gasteiger partial charge on any atom is -0.491 e. The van der Waals surface area contributed by atoms with Crippen LogP contribution in [-0.2, 0) is 21.7 Å². The largest absolute Gasteiger partial charge is 0.491 e. The second kappa shape index (κ2) is 11.2. The lowest BCUT2D eigenvalue weighted by Crippen LogP contribution is -2.31. The minimum absolute atomic E-state index is 0.0506. The highest BCUT2D eigenvalue weighted by atomic mass is 32.2. The first kappa shape index (κ1) is 28.3. The lowest BCUT2D eigenvalue weighted by Gasteiger charge is -2.34. The summed E-state index contributed by atoms with van der Waals surface area (Å²) in [6.07, 6.45) is 1.46. The molecule has 0 radical (unpaired) electrons. The number of aryl methyl sites for hydroxylation is 3. The van der Waals surface area contributed by atoms with E-state index in [1.165, 1.54) is 11.1 Å². The summed E-state index contributed by atoms with van der Waals surface area (Å²) in [5.41, 5.74) is 5.42. The average Bonchev–Trinajstić information content (AvgIpc) is 2.78. The van der Waals surface area contributed by atoms with Crippen LogP contribution in [0.2, 0.25) is 0 Å². The van der Waals surface area contributed by atoms with E-state index >= 15 is 0 Å². The van der Waals surface area contributed by atoms with E-state index in [9.17, 15) is 13.5 Å². The maximum absolute atomic E-state index is 12.6. The molecule has 34 heavy (non-hydrogen) atoms. The van der Waals surface area contributed by atoms with Gasteiger partial charge in [-0.05, 0) is 87.8 Å². The molecule has 1 atom stereocenters. The molecule has 5 nitrogen and oxygen atoms in total. The molecule has 0 spiro atoms. The quantitative estimate of drug-likeness (QED) is 0.468. The standard InChI is InChI=1S/C28H42O5S/c1-8-28(9-2,24-12-13-26(21(4)17-24)33-19-25(30)18-29)23-11-10-22(20(3)16-23)14-15-34(31,32)27(5,6)7/h10-13,16-17,25,29-30H,8-9,14-15,18-19H2,1-7H3/t25-/m0/s1. The van der Waals surface area contributed by atoms with Crippen LogP contribution in [0.4, 0.5) is 0 Å². The van der Waals surface area contributed by atoms with Crippen molar-refractivity contribution in [1.82, 2.24) is 0 Å². The SMILES string of the molecule is CCC(CC)(c1ccc(CCS(=O)(=O)C(C)(C)C)c(C)c1)c1ccc(OC[C@@H](O)CO)c(C)c1. The van der Waals surface area contributed by atoms with Gasteiger partial charge in [-0.3, -0.25) is 0 Å². The number of benzene rings is 2. The average molecular weight is 491 g/mol. The lowest BCUT2D eigenvalue weighted by molar-refractivity contribution is 0.0534. The van der Waals surface area contributed by atoms with Gasteiger partial charge in [-0.2, -0.15) is 0 Å². The van der Waals surface area contributed by atoms with E-state index in [0.29, 0.717) is 12.2 Å². The minimum atomic E-state index is -3.17. The molecule has 2 rings (SSSR count). The Morgan fingerprint density at radius 3 is 1.97 bits per heavy atom. The van der Waals surface area contributed by atoms with Crippen LogP contribution in [0.3, 0.4) is 0 Å². The van der Waals surface area contributed by atoms with Crippen LogP contribution in [0.1, 0.15) is 75.3 Å². The second-order valence-electron chi connectivity index (χ2n) is 10.2. The summed E-state index contributed by atoms with van der Waals surface area (Å²) in [5, 5.41) is 18.6. The van der Waals surface area contributed by atoms with Gasteiger partial charge in [0.25, 0.3) is 0 Å². The van der Waals surface area contributed by atoms with Crippen molar-refractivity contribution in [2.45, 2.75) is 84.0 Å². The number of hydrogen-bond acceptors (Lipinski definition) is 5. The van der Waals surface area contributed by atoms with Crippen molar-refractivity contribution < 1.29 is 23.4 Å². The first-order valence-corrected chi connectivity index (χ1v) is 13.8. The third-order valence-electron chi connectivity index (χ3n) is 7.04. The second-order valence-corrected chi connectivity index (χ2v) is 13.1. The summed E-state index contributed by atoms with van der Waals surface area (Å²) < 4.78 is 30.1. The van der Waals surface area contributed by atoms with Crippen molar-refractivity contribution >= 4 is 9.84 Å². The molecule has 0 aliphatic rings. The molecule has 190 valence electrons. The van der Waals surface area contributed by atoms with Crippen LogP contribution < -0.4 is 4.74 Å². The Morgan fingerprint density at radius 1 is 0.941 bits per heavy atom. The van der Waals surface area contributed by atoms with E-state index in [1.807, 2.05) is 13.0 Å². The van der Waals surface area contributed by atoms with Gasteiger partial charge in [0.05, 0.1) is 17.1 Å². The lowest BCUT2D eigenvalue weighted by atomic mass is 9.70. The van der Waals surface area contributed by atoms with Gasteiger partial charge in [-0.1, -0.05) is 44.2 Å². The molecule has 0 aliphatic carbocycles. The molecule has 0 aromatic heterocycles. The Hall–Kier alpha value is -1.89. The Bertz CT molecular complexity index is 1060. The predicted molar refractivity (Wildman–Crippen MR) is 140 cm³/mol. The van der Waals surface area contributed by atoms with Crippen molar-refractivity contribution in [3.05, 3.63) is 64.2 Å². The third-order valence-corrected chi connectivity index (χ3v) is 9.65. The summed E-state index contributed by atoms with van der Waals surface area (Å²) >= 11 is 0. The zero-order valence-electron chi connectivity index (χ0n) is 21.8. The molecule has 0 saturated carbocycles. The number of aliphatic hydroxyl groups excluding tert-OH is 2. The van der Waals surface area contributed by atoms with Gasteiger partial charge in [0.15, 0.2) is 9.84 Å². The molecular formula is C28H42O5S. The maximum atomic E-state index is 12.6. The maximum Gasteiger partial charge on any atom is 0.155 e. The highest BCUT2D eigenvalue weighted by Crippen LogP contribution is 2.41. The summed E-state index contributed by atoms with van der Waals surface area (Å²) in [6, 6.07) is 12.6. The highest BCUT2D eigenvalue weighted by Gasteiger charge is 2.32. The van der Waals surface area contributed by atoms with Crippen LogP contribution >= 0.6 is 0 Å². The Labute approximate surface area is 206 Å². The van der Waals surface area contributed by atoms with Crippen LogP contribution in [0.5, 0.6) is 5.75 Å². The normalized spacial score (nSPS) is 13.7. The molecule has 0 unspecified atom stereocenters. The fourth-order valence-electron chi connectivity index (χ4n) is 4.41. The van der Waals surface area contributed by atoms with Gasteiger partial charge in [0.2, 0.25) is 0 Å². The van der Waals surface area contributed by atoms with Crippen molar-refractivity contribution in [3.8, 4) is 5.75 Å². The summed E-state index contributed by atoms with van der Waals surface area (Å²) in [7, 11) is -3.17. The molecule has 0 fully saturated rings. The molecule has 2 N–H and O–H groups in total. The molecule has 2 aromatic rings. The van der Waals surface area contributed by atoms with E-state index in [-0.39, 0.29) is 24.4 Å². The number of hydrogen-bond donors (Lipinski definition) is 2. The van der Waals surface area contributed by atoms with Crippen LogP contribution in [0.15, 0.2) is 36.4 Å². The molecule has 0 aliphatic heterocycles. The number of sulfone groups is 1. The molecule has 0 bridgehead atoms. The highest BCUT2D eigenvalue weighted by molar-refractivity contribution is 7.92. The fraction of sp³-hybridized carbons (Fsp3) is 0.571. The van der Waals surface area contributed by atoms with Crippen LogP contribution in [-0.4, -0.2) is 48.4 Å². The summed E-state index contributed by atoms with van der Waals surface area (Å²) in [4.78, 5) is 0.